The summed E-state index contributed by atoms with van der Waals surface area (Å²) in [5, 5.41) is 8.24. The van der Waals surface area contributed by atoms with Gasteiger partial charge in [-0.2, -0.15) is 0 Å². The second-order valence-electron chi connectivity index (χ2n) is 6.93. The fourth-order valence-corrected chi connectivity index (χ4v) is 4.56. The molecule has 1 aliphatic rings. The number of aromatic nitrogens is 1. The summed E-state index contributed by atoms with van der Waals surface area (Å²) in [7, 11) is 1.55. The van der Waals surface area contributed by atoms with E-state index in [9.17, 15) is 14.4 Å². The Morgan fingerprint density at radius 1 is 1.21 bits per heavy atom. The lowest BCUT2D eigenvalue weighted by molar-refractivity contribution is -0.141. The van der Waals surface area contributed by atoms with Gasteiger partial charge in [0.2, 0.25) is 0 Å². The molecule has 0 spiro atoms. The lowest BCUT2D eigenvalue weighted by Gasteiger charge is -2.29. The first-order valence-corrected chi connectivity index (χ1v) is 12.2. The summed E-state index contributed by atoms with van der Waals surface area (Å²) in [6.07, 6.45) is 0. The van der Waals surface area contributed by atoms with Gasteiger partial charge in [-0.25, -0.2) is 14.6 Å². The van der Waals surface area contributed by atoms with E-state index in [0.29, 0.717) is 17.1 Å². The molecule has 0 radical (unpaired) electrons. The first-order valence-electron chi connectivity index (χ1n) is 10.2. The lowest BCUT2D eigenvalue weighted by atomic mass is 9.95. The monoisotopic (exact) mass is 491 g/mol. The summed E-state index contributed by atoms with van der Waals surface area (Å²) >= 11 is 2.94. The third-order valence-corrected chi connectivity index (χ3v) is 6.37. The number of carbonyl (C=O) groups is 3. The quantitative estimate of drug-likeness (QED) is 0.487. The van der Waals surface area contributed by atoms with Gasteiger partial charge < -0.3 is 24.8 Å². The molecule has 1 aromatic carbocycles. The van der Waals surface area contributed by atoms with Crippen LogP contribution in [0.4, 0.5) is 4.79 Å². The highest BCUT2D eigenvalue weighted by atomic mass is 32.2. The van der Waals surface area contributed by atoms with E-state index in [1.807, 2.05) is 12.3 Å². The molecule has 1 atom stereocenters. The molecule has 11 heteroatoms. The van der Waals surface area contributed by atoms with Crippen LogP contribution in [-0.4, -0.2) is 49.0 Å². The van der Waals surface area contributed by atoms with E-state index < -0.39 is 24.0 Å². The number of aryl methyl sites for hydroxylation is 1. The van der Waals surface area contributed by atoms with Crippen LogP contribution in [0.2, 0.25) is 0 Å². The molecule has 0 saturated heterocycles. The van der Waals surface area contributed by atoms with E-state index in [0.717, 1.165) is 10.7 Å². The summed E-state index contributed by atoms with van der Waals surface area (Å²) in [5.74, 6) is 0.282. The van der Waals surface area contributed by atoms with Crippen molar-refractivity contribution < 1.29 is 28.6 Å². The van der Waals surface area contributed by atoms with Gasteiger partial charge in [-0.05, 0) is 31.5 Å². The summed E-state index contributed by atoms with van der Waals surface area (Å²) < 4.78 is 15.7. The Labute approximate surface area is 199 Å². The maximum Gasteiger partial charge on any atom is 0.338 e. The zero-order valence-corrected chi connectivity index (χ0v) is 20.1. The number of urea groups is 1. The lowest BCUT2D eigenvalue weighted by Crippen LogP contribution is -2.47. The maximum absolute atomic E-state index is 12.8. The molecular weight excluding hydrogens is 466 g/mol. The van der Waals surface area contributed by atoms with Crippen LogP contribution in [0, 0.1) is 6.92 Å². The molecule has 9 nitrogen and oxygen atoms in total. The normalized spacial score (nSPS) is 15.5. The van der Waals surface area contributed by atoms with Gasteiger partial charge >= 0.3 is 18.0 Å². The average molecular weight is 492 g/mol. The number of rotatable bonds is 10. The van der Waals surface area contributed by atoms with E-state index >= 15 is 0 Å². The van der Waals surface area contributed by atoms with Crippen LogP contribution in [-0.2, 0) is 24.8 Å². The fraction of sp³-hybridized carbons (Fsp3) is 0.364. The summed E-state index contributed by atoms with van der Waals surface area (Å²) in [5.41, 5.74) is 1.94. The first-order chi connectivity index (χ1) is 15.9. The summed E-state index contributed by atoms with van der Waals surface area (Å²) in [6.45, 7) is 3.51. The van der Waals surface area contributed by atoms with E-state index in [1.165, 1.54) is 11.8 Å². The number of carbonyl (C=O) groups excluding carboxylic acids is 3. The zero-order chi connectivity index (χ0) is 23.8. The van der Waals surface area contributed by atoms with Crippen molar-refractivity contribution in [3.63, 3.8) is 0 Å². The molecule has 176 valence electrons. The van der Waals surface area contributed by atoms with Crippen molar-refractivity contribution in [3.8, 4) is 5.75 Å². The van der Waals surface area contributed by atoms with Gasteiger partial charge in [0.25, 0.3) is 0 Å². The third-order valence-electron chi connectivity index (χ3n) is 4.61. The minimum atomic E-state index is -0.764. The predicted molar refractivity (Wildman–Crippen MR) is 125 cm³/mol. The van der Waals surface area contributed by atoms with Crippen LogP contribution < -0.4 is 15.4 Å². The van der Waals surface area contributed by atoms with Crippen LogP contribution in [0.5, 0.6) is 5.75 Å². The Morgan fingerprint density at radius 3 is 2.61 bits per heavy atom. The van der Waals surface area contributed by atoms with E-state index in [-0.39, 0.29) is 30.2 Å². The number of thioether (sulfide) groups is 1. The Hall–Kier alpha value is -3.05. The minimum absolute atomic E-state index is 0.118. The predicted octanol–water partition coefficient (Wildman–Crippen LogP) is 3.11. The number of methoxy groups -OCH3 is 1. The summed E-state index contributed by atoms with van der Waals surface area (Å²) in [6, 6.07) is 5.67. The largest absolute Gasteiger partial charge is 0.497 e. The van der Waals surface area contributed by atoms with Crippen molar-refractivity contribution in [2.45, 2.75) is 25.6 Å². The van der Waals surface area contributed by atoms with E-state index in [4.69, 9.17) is 14.2 Å². The maximum atomic E-state index is 12.8. The standard InChI is InChI=1S/C22H25N3O6S2/c1-4-30-21(27)19-17(9-31-18(26)12-32-10-15-11-33-13(2)23-15)24-22(28)25-20(19)14-5-7-16(29-3)8-6-14/h5-8,11,20H,4,9-10,12H2,1-3H3,(H2,24,25,28)/t20-/m1/s1. The molecular formula is C22H25N3O6S2. The topological polar surface area (TPSA) is 116 Å². The molecule has 0 saturated carbocycles. The zero-order valence-electron chi connectivity index (χ0n) is 18.5. The minimum Gasteiger partial charge on any atom is -0.497 e. The number of ether oxygens (including phenoxy) is 3. The fourth-order valence-electron chi connectivity index (χ4n) is 3.14. The Kier molecular flexibility index (Phi) is 8.72. The number of nitrogens with one attached hydrogen (secondary N) is 2. The molecule has 1 aromatic heterocycles. The Morgan fingerprint density at radius 2 is 1.97 bits per heavy atom. The highest BCUT2D eigenvalue weighted by Crippen LogP contribution is 2.29. The van der Waals surface area contributed by atoms with Crippen molar-refractivity contribution in [1.29, 1.82) is 0 Å². The molecule has 0 unspecified atom stereocenters. The Balaban J connectivity index is 1.72. The molecule has 0 bridgehead atoms. The third kappa shape index (κ3) is 6.72. The molecule has 0 fully saturated rings. The van der Waals surface area contributed by atoms with Gasteiger partial charge in [0.1, 0.15) is 12.4 Å². The number of nitrogens with zero attached hydrogens (tertiary/aromatic N) is 1. The average Bonchev–Trinajstić information content (AvgIpc) is 3.22. The molecule has 3 rings (SSSR count). The SMILES string of the molecule is CCOC(=O)C1=C(COC(=O)CSCc2csc(C)n2)NC(=O)N[C@@H]1c1ccc(OC)cc1. The number of hydrogen-bond acceptors (Lipinski definition) is 9. The van der Waals surface area contributed by atoms with Gasteiger partial charge in [-0.1, -0.05) is 12.1 Å². The van der Waals surface area contributed by atoms with Crippen LogP contribution in [0.1, 0.15) is 29.2 Å². The van der Waals surface area contributed by atoms with Crippen molar-refractivity contribution in [3.05, 3.63) is 57.2 Å². The molecule has 2 N–H and O–H groups in total. The number of esters is 2. The second-order valence-corrected chi connectivity index (χ2v) is 8.98. The number of amides is 2. The Bertz CT molecular complexity index is 1040. The highest BCUT2D eigenvalue weighted by molar-refractivity contribution is 7.99. The van der Waals surface area contributed by atoms with Crippen molar-refractivity contribution >= 4 is 41.1 Å². The van der Waals surface area contributed by atoms with Gasteiger partial charge in [-0.15, -0.1) is 23.1 Å². The van der Waals surface area contributed by atoms with Gasteiger partial charge in [0.05, 0.1) is 47.5 Å². The van der Waals surface area contributed by atoms with Crippen LogP contribution >= 0.6 is 23.1 Å². The highest BCUT2D eigenvalue weighted by Gasteiger charge is 2.34. The van der Waals surface area contributed by atoms with Crippen LogP contribution in [0.3, 0.4) is 0 Å². The van der Waals surface area contributed by atoms with Gasteiger partial charge in [0.15, 0.2) is 0 Å². The number of thiazole rings is 1. The molecule has 2 heterocycles. The van der Waals surface area contributed by atoms with E-state index in [1.54, 1.807) is 49.6 Å². The number of hydrogen-bond donors (Lipinski definition) is 2. The van der Waals surface area contributed by atoms with Crippen LogP contribution in [0.25, 0.3) is 0 Å². The van der Waals surface area contributed by atoms with E-state index in [2.05, 4.69) is 15.6 Å². The van der Waals surface area contributed by atoms with Gasteiger partial charge in [-0.3, -0.25) is 4.79 Å². The number of benzene rings is 1. The molecule has 1 aliphatic heterocycles. The van der Waals surface area contributed by atoms with Crippen molar-refractivity contribution in [2.75, 3.05) is 26.1 Å². The summed E-state index contributed by atoms with van der Waals surface area (Å²) in [4.78, 5) is 41.6. The molecule has 33 heavy (non-hydrogen) atoms. The molecule has 2 aromatic rings. The van der Waals surface area contributed by atoms with Gasteiger partial charge in [0, 0.05) is 11.1 Å². The smallest absolute Gasteiger partial charge is 0.338 e. The first kappa shape index (κ1) is 24.6. The molecule has 0 aliphatic carbocycles. The van der Waals surface area contributed by atoms with Crippen LogP contribution in [0.15, 0.2) is 40.9 Å². The van der Waals surface area contributed by atoms with Crippen molar-refractivity contribution in [2.24, 2.45) is 0 Å². The second kappa shape index (κ2) is 11.7. The van der Waals surface area contributed by atoms with Crippen molar-refractivity contribution in [1.82, 2.24) is 15.6 Å². The molecule has 2 amide bonds.